The molecular formula is C12H16ClN5O. The van der Waals surface area contributed by atoms with Crippen LogP contribution in [-0.2, 0) is 20.6 Å². The molecule has 0 spiro atoms. The fourth-order valence-electron chi connectivity index (χ4n) is 1.96. The Morgan fingerprint density at radius 2 is 2.16 bits per heavy atom. The Balaban J connectivity index is 2.19. The molecule has 0 radical (unpaired) electrons. The van der Waals surface area contributed by atoms with E-state index in [0.717, 1.165) is 11.3 Å². The summed E-state index contributed by atoms with van der Waals surface area (Å²) in [5.41, 5.74) is 2.32. The number of rotatable bonds is 3. The lowest BCUT2D eigenvalue weighted by molar-refractivity contribution is 0.0774. The second kappa shape index (κ2) is 5.05. The van der Waals surface area contributed by atoms with Gasteiger partial charge in [0.05, 0.1) is 16.9 Å². The van der Waals surface area contributed by atoms with Gasteiger partial charge in [-0.1, -0.05) is 11.6 Å². The van der Waals surface area contributed by atoms with Crippen molar-refractivity contribution in [2.75, 3.05) is 7.05 Å². The number of aromatic nitrogens is 4. The number of carbonyl (C=O) groups is 1. The van der Waals surface area contributed by atoms with Crippen LogP contribution >= 0.6 is 11.6 Å². The SMILES string of the molecule is Cc1nn(C)cc1CN(C)C(=O)c1c(Cl)cnn1C. The Morgan fingerprint density at radius 1 is 1.47 bits per heavy atom. The molecule has 102 valence electrons. The van der Waals surface area contributed by atoms with Crippen LogP contribution in [0.3, 0.4) is 0 Å². The van der Waals surface area contributed by atoms with Crippen LogP contribution in [0.5, 0.6) is 0 Å². The third-order valence-corrected chi connectivity index (χ3v) is 3.24. The summed E-state index contributed by atoms with van der Waals surface area (Å²) in [6.45, 7) is 2.41. The van der Waals surface area contributed by atoms with Gasteiger partial charge in [0, 0.05) is 39.4 Å². The van der Waals surface area contributed by atoms with Crippen LogP contribution in [0.2, 0.25) is 5.02 Å². The fourth-order valence-corrected chi connectivity index (χ4v) is 2.21. The standard InChI is InChI=1S/C12H16ClN5O/c1-8-9(7-17(3)15-8)6-16(2)12(19)11-10(13)5-14-18(11)4/h5,7H,6H2,1-4H3. The van der Waals surface area contributed by atoms with Gasteiger partial charge in [-0.05, 0) is 6.92 Å². The molecule has 0 aliphatic rings. The average molecular weight is 282 g/mol. The number of hydrogen-bond donors (Lipinski definition) is 0. The number of hydrogen-bond acceptors (Lipinski definition) is 3. The average Bonchev–Trinajstić information content (AvgIpc) is 2.82. The van der Waals surface area contributed by atoms with E-state index in [4.69, 9.17) is 11.6 Å². The topological polar surface area (TPSA) is 56.0 Å². The molecule has 2 aromatic heterocycles. The molecule has 0 aromatic carbocycles. The molecule has 0 unspecified atom stereocenters. The van der Waals surface area contributed by atoms with Crippen molar-refractivity contribution in [2.45, 2.75) is 13.5 Å². The van der Waals surface area contributed by atoms with Crippen molar-refractivity contribution in [3.63, 3.8) is 0 Å². The van der Waals surface area contributed by atoms with Gasteiger partial charge < -0.3 is 4.90 Å². The van der Waals surface area contributed by atoms with Gasteiger partial charge in [0.25, 0.3) is 5.91 Å². The quantitative estimate of drug-likeness (QED) is 0.854. The van der Waals surface area contributed by atoms with E-state index in [-0.39, 0.29) is 5.91 Å². The van der Waals surface area contributed by atoms with Gasteiger partial charge in [0.15, 0.2) is 0 Å². The minimum Gasteiger partial charge on any atom is -0.336 e. The lowest BCUT2D eigenvalue weighted by atomic mass is 10.2. The third-order valence-electron chi connectivity index (χ3n) is 2.97. The van der Waals surface area contributed by atoms with Crippen LogP contribution in [0, 0.1) is 6.92 Å². The van der Waals surface area contributed by atoms with Gasteiger partial charge in [-0.15, -0.1) is 0 Å². The largest absolute Gasteiger partial charge is 0.336 e. The van der Waals surface area contributed by atoms with Crippen LogP contribution in [-0.4, -0.2) is 37.4 Å². The summed E-state index contributed by atoms with van der Waals surface area (Å²) in [6.07, 6.45) is 3.38. The predicted octanol–water partition coefficient (Wildman–Crippen LogP) is 1.39. The first-order valence-corrected chi connectivity index (χ1v) is 6.20. The molecule has 1 amide bonds. The van der Waals surface area contributed by atoms with Crippen LogP contribution in [0.1, 0.15) is 21.7 Å². The minimum absolute atomic E-state index is 0.159. The monoisotopic (exact) mass is 281 g/mol. The van der Waals surface area contributed by atoms with E-state index in [1.165, 1.54) is 10.9 Å². The van der Waals surface area contributed by atoms with E-state index in [2.05, 4.69) is 10.2 Å². The Kier molecular flexibility index (Phi) is 3.61. The molecule has 0 aliphatic heterocycles. The van der Waals surface area contributed by atoms with Crippen molar-refractivity contribution >= 4 is 17.5 Å². The van der Waals surface area contributed by atoms with Crippen molar-refractivity contribution < 1.29 is 4.79 Å². The zero-order valence-corrected chi connectivity index (χ0v) is 12.1. The molecule has 2 heterocycles. The zero-order valence-electron chi connectivity index (χ0n) is 11.4. The molecule has 19 heavy (non-hydrogen) atoms. The Labute approximate surface area is 116 Å². The maximum absolute atomic E-state index is 12.3. The highest BCUT2D eigenvalue weighted by Gasteiger charge is 2.20. The van der Waals surface area contributed by atoms with Crippen LogP contribution in [0.4, 0.5) is 0 Å². The van der Waals surface area contributed by atoms with Gasteiger partial charge in [-0.2, -0.15) is 10.2 Å². The first-order chi connectivity index (χ1) is 8.90. The number of amides is 1. The summed E-state index contributed by atoms with van der Waals surface area (Å²) in [5.74, 6) is -0.159. The number of carbonyl (C=O) groups excluding carboxylic acids is 1. The first kappa shape index (κ1) is 13.6. The Morgan fingerprint density at radius 3 is 2.63 bits per heavy atom. The Hall–Kier alpha value is -1.82. The van der Waals surface area contributed by atoms with Crippen LogP contribution in [0.25, 0.3) is 0 Å². The fraction of sp³-hybridized carbons (Fsp3) is 0.417. The predicted molar refractivity (Wildman–Crippen MR) is 72.0 cm³/mol. The van der Waals surface area contributed by atoms with Crippen LogP contribution in [0.15, 0.2) is 12.4 Å². The Bertz CT molecular complexity index is 596. The lowest BCUT2D eigenvalue weighted by Gasteiger charge is -2.17. The molecule has 7 heteroatoms. The van der Waals surface area contributed by atoms with Crippen molar-refractivity contribution in [1.29, 1.82) is 0 Å². The highest BCUT2D eigenvalue weighted by Crippen LogP contribution is 2.17. The minimum atomic E-state index is -0.159. The van der Waals surface area contributed by atoms with Crippen LogP contribution < -0.4 is 0 Å². The number of halogens is 1. The molecule has 0 saturated carbocycles. The van der Waals surface area contributed by atoms with Crippen molar-refractivity contribution in [3.05, 3.63) is 34.4 Å². The normalized spacial score (nSPS) is 10.8. The lowest BCUT2D eigenvalue weighted by Crippen LogP contribution is -2.28. The highest BCUT2D eigenvalue weighted by atomic mass is 35.5. The highest BCUT2D eigenvalue weighted by molar-refractivity contribution is 6.33. The molecule has 0 bridgehead atoms. The van der Waals surface area contributed by atoms with Crippen molar-refractivity contribution in [3.8, 4) is 0 Å². The molecular weight excluding hydrogens is 266 g/mol. The van der Waals surface area contributed by atoms with Gasteiger partial charge in [0.1, 0.15) is 5.69 Å². The maximum atomic E-state index is 12.3. The zero-order chi connectivity index (χ0) is 14.2. The van der Waals surface area contributed by atoms with Crippen molar-refractivity contribution in [2.24, 2.45) is 14.1 Å². The second-order valence-corrected chi connectivity index (χ2v) is 4.95. The van der Waals surface area contributed by atoms with E-state index < -0.39 is 0 Å². The number of aryl methyl sites for hydroxylation is 3. The summed E-state index contributed by atoms with van der Waals surface area (Å²) < 4.78 is 3.22. The molecule has 2 aromatic rings. The smallest absolute Gasteiger partial charge is 0.273 e. The van der Waals surface area contributed by atoms with E-state index in [9.17, 15) is 4.79 Å². The summed E-state index contributed by atoms with van der Waals surface area (Å²) in [5, 5.41) is 8.59. The maximum Gasteiger partial charge on any atom is 0.273 e. The van der Waals surface area contributed by atoms with Gasteiger partial charge in [0.2, 0.25) is 0 Å². The summed E-state index contributed by atoms with van der Waals surface area (Å²) in [4.78, 5) is 13.9. The van der Waals surface area contributed by atoms with E-state index in [1.54, 1.807) is 23.7 Å². The molecule has 0 aliphatic carbocycles. The molecule has 0 saturated heterocycles. The van der Waals surface area contributed by atoms with Crippen molar-refractivity contribution in [1.82, 2.24) is 24.5 Å². The summed E-state index contributed by atoms with van der Waals surface area (Å²) in [7, 11) is 5.29. The summed E-state index contributed by atoms with van der Waals surface area (Å²) >= 11 is 5.98. The molecule has 2 rings (SSSR count). The first-order valence-electron chi connectivity index (χ1n) is 5.82. The number of nitrogens with zero attached hydrogens (tertiary/aromatic N) is 5. The molecule has 6 nitrogen and oxygen atoms in total. The summed E-state index contributed by atoms with van der Waals surface area (Å²) in [6, 6.07) is 0. The van der Waals surface area contributed by atoms with E-state index in [0.29, 0.717) is 17.3 Å². The van der Waals surface area contributed by atoms with Gasteiger partial charge in [-0.25, -0.2) is 0 Å². The molecule has 0 N–H and O–H groups in total. The second-order valence-electron chi connectivity index (χ2n) is 4.54. The third kappa shape index (κ3) is 2.63. The molecule has 0 fully saturated rings. The van der Waals surface area contributed by atoms with Gasteiger partial charge in [-0.3, -0.25) is 14.2 Å². The molecule has 0 atom stereocenters. The van der Waals surface area contributed by atoms with Gasteiger partial charge >= 0.3 is 0 Å². The van der Waals surface area contributed by atoms with E-state index in [1.807, 2.05) is 20.2 Å². The van der Waals surface area contributed by atoms with E-state index >= 15 is 0 Å².